The van der Waals surface area contributed by atoms with Crippen molar-refractivity contribution in [3.8, 4) is 0 Å². The van der Waals surface area contributed by atoms with Crippen molar-refractivity contribution < 1.29 is 14.3 Å². The average molecular weight is 412 g/mol. The van der Waals surface area contributed by atoms with Gasteiger partial charge in [-0.1, -0.05) is 22.9 Å². The zero-order valence-electron chi connectivity index (χ0n) is 17.5. The molecule has 8 nitrogen and oxygen atoms in total. The molecule has 2 amide bonds. The second kappa shape index (κ2) is 9.38. The Labute approximate surface area is 176 Å². The van der Waals surface area contributed by atoms with Gasteiger partial charge in [0.25, 0.3) is 11.8 Å². The number of benzene rings is 1. The minimum atomic E-state index is -0.0986. The molecule has 0 N–H and O–H groups in total. The van der Waals surface area contributed by atoms with Crippen LogP contribution in [0, 0.1) is 6.92 Å². The molecular weight excluding hydrogens is 382 g/mol. The van der Waals surface area contributed by atoms with Gasteiger partial charge in [0.15, 0.2) is 5.69 Å². The lowest BCUT2D eigenvalue weighted by Gasteiger charge is -2.36. The summed E-state index contributed by atoms with van der Waals surface area (Å²) in [4.78, 5) is 29.4. The predicted molar refractivity (Wildman–Crippen MR) is 111 cm³/mol. The van der Waals surface area contributed by atoms with Gasteiger partial charge in [-0.05, 0) is 44.7 Å². The number of morpholine rings is 1. The number of ether oxygens (including phenoxy) is 1. The largest absolute Gasteiger partial charge is 0.378 e. The number of nitrogens with zero attached hydrogens (tertiary/aromatic N) is 5. The van der Waals surface area contributed by atoms with E-state index in [4.69, 9.17) is 4.74 Å². The van der Waals surface area contributed by atoms with Crippen LogP contribution in [0.25, 0.3) is 0 Å². The molecule has 1 atom stereocenters. The summed E-state index contributed by atoms with van der Waals surface area (Å²) in [6, 6.07) is 7.96. The molecule has 2 aromatic rings. The molecular formula is C22H29N5O3. The summed E-state index contributed by atoms with van der Waals surface area (Å²) < 4.78 is 7.02. The summed E-state index contributed by atoms with van der Waals surface area (Å²) in [5.41, 5.74) is 2.21. The number of carbonyl (C=O) groups is 2. The Morgan fingerprint density at radius 2 is 1.97 bits per heavy atom. The fourth-order valence-corrected chi connectivity index (χ4v) is 4.23. The van der Waals surface area contributed by atoms with Crippen LogP contribution < -0.4 is 0 Å². The zero-order chi connectivity index (χ0) is 20.9. The normalized spacial score (nSPS) is 19.7. The van der Waals surface area contributed by atoms with Gasteiger partial charge < -0.3 is 14.5 Å². The van der Waals surface area contributed by atoms with Crippen LogP contribution in [-0.4, -0.2) is 75.5 Å². The zero-order valence-corrected chi connectivity index (χ0v) is 17.5. The summed E-state index contributed by atoms with van der Waals surface area (Å²) in [5, 5.41) is 8.21. The van der Waals surface area contributed by atoms with Crippen LogP contribution in [0.5, 0.6) is 0 Å². The number of likely N-dealkylation sites (tertiary alicyclic amines) is 1. The fourth-order valence-electron chi connectivity index (χ4n) is 4.23. The van der Waals surface area contributed by atoms with Crippen molar-refractivity contribution in [3.05, 3.63) is 47.3 Å². The third kappa shape index (κ3) is 4.70. The number of hydrogen-bond acceptors (Lipinski definition) is 5. The van der Waals surface area contributed by atoms with Crippen molar-refractivity contribution >= 4 is 11.8 Å². The van der Waals surface area contributed by atoms with Gasteiger partial charge in [-0.3, -0.25) is 14.3 Å². The quantitative estimate of drug-likeness (QED) is 0.753. The molecule has 160 valence electrons. The van der Waals surface area contributed by atoms with E-state index in [2.05, 4.69) is 10.3 Å². The molecule has 2 aliphatic heterocycles. The summed E-state index contributed by atoms with van der Waals surface area (Å²) in [6.07, 6.45) is 5.67. The Bertz CT molecular complexity index is 890. The molecule has 2 fully saturated rings. The van der Waals surface area contributed by atoms with Crippen molar-refractivity contribution in [1.82, 2.24) is 24.8 Å². The highest BCUT2D eigenvalue weighted by atomic mass is 16.5. The molecule has 1 unspecified atom stereocenters. The van der Waals surface area contributed by atoms with Gasteiger partial charge in [-0.2, -0.15) is 0 Å². The van der Waals surface area contributed by atoms with Gasteiger partial charge in [0.2, 0.25) is 0 Å². The van der Waals surface area contributed by atoms with E-state index in [0.29, 0.717) is 38.5 Å². The number of carbonyl (C=O) groups excluding carboxylic acids is 2. The third-order valence-corrected chi connectivity index (χ3v) is 5.90. The van der Waals surface area contributed by atoms with Gasteiger partial charge in [-0.25, -0.2) is 0 Å². The van der Waals surface area contributed by atoms with Gasteiger partial charge in [-0.15, -0.1) is 5.10 Å². The van der Waals surface area contributed by atoms with Crippen LogP contribution in [0.1, 0.15) is 52.1 Å². The lowest BCUT2D eigenvalue weighted by atomic mass is 9.98. The number of rotatable bonds is 5. The first-order chi connectivity index (χ1) is 14.6. The molecule has 2 aliphatic rings. The highest BCUT2D eigenvalue weighted by molar-refractivity contribution is 5.94. The maximum Gasteiger partial charge on any atom is 0.276 e. The SMILES string of the molecule is Cc1cccc(C(=O)N2CCCCC2CCn2cc(C(=O)N3CCOCC3)nn2)c1. The van der Waals surface area contributed by atoms with Gasteiger partial charge in [0.05, 0.1) is 19.4 Å². The summed E-state index contributed by atoms with van der Waals surface area (Å²) in [6.45, 7) is 5.72. The van der Waals surface area contributed by atoms with Crippen molar-refractivity contribution in [2.24, 2.45) is 0 Å². The lowest BCUT2D eigenvalue weighted by molar-refractivity contribution is 0.0299. The van der Waals surface area contributed by atoms with Gasteiger partial charge in [0, 0.05) is 37.8 Å². The lowest BCUT2D eigenvalue weighted by Crippen LogP contribution is -2.44. The van der Waals surface area contributed by atoms with E-state index >= 15 is 0 Å². The van der Waals surface area contributed by atoms with Crippen molar-refractivity contribution in [3.63, 3.8) is 0 Å². The maximum absolute atomic E-state index is 13.1. The number of piperidine rings is 1. The van der Waals surface area contributed by atoms with Gasteiger partial charge in [0.1, 0.15) is 0 Å². The standard InChI is InChI=1S/C22H29N5O3/c1-17-5-4-6-18(15-17)21(28)27-9-3-2-7-19(27)8-10-26-16-20(23-24-26)22(29)25-11-13-30-14-12-25/h4-6,15-16,19H,2-3,7-14H2,1H3. The van der Waals surface area contributed by atoms with E-state index in [-0.39, 0.29) is 17.9 Å². The van der Waals surface area contributed by atoms with Crippen LogP contribution in [0.4, 0.5) is 0 Å². The van der Waals surface area contributed by atoms with E-state index in [0.717, 1.165) is 43.4 Å². The molecule has 0 spiro atoms. The predicted octanol–water partition coefficient (Wildman–Crippen LogP) is 2.14. The Balaban J connectivity index is 1.38. The molecule has 0 radical (unpaired) electrons. The number of aryl methyl sites for hydroxylation is 2. The molecule has 8 heteroatoms. The fraction of sp³-hybridized carbons (Fsp3) is 0.545. The Kier molecular flexibility index (Phi) is 6.42. The van der Waals surface area contributed by atoms with Crippen LogP contribution in [0.3, 0.4) is 0 Å². The second-order valence-corrected chi connectivity index (χ2v) is 8.08. The number of amides is 2. The molecule has 4 rings (SSSR count). The molecule has 2 saturated heterocycles. The van der Waals surface area contributed by atoms with E-state index in [1.807, 2.05) is 36.1 Å². The monoisotopic (exact) mass is 411 g/mol. The van der Waals surface area contributed by atoms with Crippen LogP contribution in [-0.2, 0) is 11.3 Å². The summed E-state index contributed by atoms with van der Waals surface area (Å²) in [7, 11) is 0. The van der Waals surface area contributed by atoms with E-state index in [9.17, 15) is 9.59 Å². The Morgan fingerprint density at radius 1 is 1.13 bits per heavy atom. The molecule has 0 saturated carbocycles. The van der Waals surface area contributed by atoms with Crippen molar-refractivity contribution in [1.29, 1.82) is 0 Å². The van der Waals surface area contributed by atoms with E-state index in [1.54, 1.807) is 15.8 Å². The van der Waals surface area contributed by atoms with Crippen LogP contribution in [0.2, 0.25) is 0 Å². The molecule has 0 bridgehead atoms. The van der Waals surface area contributed by atoms with Crippen LogP contribution in [0.15, 0.2) is 30.5 Å². The summed E-state index contributed by atoms with van der Waals surface area (Å²) in [5.74, 6) is 0.00337. The van der Waals surface area contributed by atoms with Crippen molar-refractivity contribution in [2.75, 3.05) is 32.8 Å². The highest BCUT2D eigenvalue weighted by Crippen LogP contribution is 2.23. The number of hydrogen-bond donors (Lipinski definition) is 0. The average Bonchev–Trinajstić information content (AvgIpc) is 3.26. The minimum absolute atomic E-state index is 0.0986. The smallest absolute Gasteiger partial charge is 0.276 e. The van der Waals surface area contributed by atoms with Crippen molar-refractivity contribution in [2.45, 2.75) is 45.2 Å². The molecule has 30 heavy (non-hydrogen) atoms. The molecule has 1 aromatic carbocycles. The van der Waals surface area contributed by atoms with Crippen LogP contribution >= 0.6 is 0 Å². The third-order valence-electron chi connectivity index (χ3n) is 5.90. The van der Waals surface area contributed by atoms with E-state index < -0.39 is 0 Å². The minimum Gasteiger partial charge on any atom is -0.378 e. The highest BCUT2D eigenvalue weighted by Gasteiger charge is 2.28. The summed E-state index contributed by atoms with van der Waals surface area (Å²) >= 11 is 0. The van der Waals surface area contributed by atoms with E-state index in [1.165, 1.54) is 0 Å². The molecule has 3 heterocycles. The molecule has 1 aromatic heterocycles. The molecule has 0 aliphatic carbocycles. The Hall–Kier alpha value is -2.74. The first kappa shape index (κ1) is 20.5. The Morgan fingerprint density at radius 3 is 2.77 bits per heavy atom. The second-order valence-electron chi connectivity index (χ2n) is 8.08. The first-order valence-corrected chi connectivity index (χ1v) is 10.8. The number of aromatic nitrogens is 3. The maximum atomic E-state index is 13.1. The van der Waals surface area contributed by atoms with Gasteiger partial charge >= 0.3 is 0 Å². The first-order valence-electron chi connectivity index (χ1n) is 10.8. The topological polar surface area (TPSA) is 80.6 Å².